The molecule has 1 heterocycles. The highest BCUT2D eigenvalue weighted by Gasteiger charge is 2.22. The first-order valence-electron chi connectivity index (χ1n) is 7.70. The van der Waals surface area contributed by atoms with Gasteiger partial charge in [0.05, 0.1) is 0 Å². The Morgan fingerprint density at radius 3 is 2.43 bits per heavy atom. The van der Waals surface area contributed by atoms with Crippen LogP contribution in [0.1, 0.15) is 69.2 Å². The van der Waals surface area contributed by atoms with Crippen LogP contribution < -0.4 is 5.32 Å². The van der Waals surface area contributed by atoms with E-state index >= 15 is 0 Å². The molecule has 0 aliphatic heterocycles. The number of rotatable bonds is 11. The molecule has 2 N–H and O–H groups in total. The highest BCUT2D eigenvalue weighted by molar-refractivity contribution is 7.10. The summed E-state index contributed by atoms with van der Waals surface area (Å²) in [5, 5.41) is 13.6. The van der Waals surface area contributed by atoms with Gasteiger partial charge in [-0.2, -0.15) is 0 Å². The highest BCUT2D eigenvalue weighted by atomic mass is 32.1. The van der Waals surface area contributed by atoms with Gasteiger partial charge in [-0.25, -0.2) is 4.79 Å². The van der Waals surface area contributed by atoms with Crippen LogP contribution >= 0.6 is 11.3 Å². The average Bonchev–Trinajstić information content (AvgIpc) is 2.97. The van der Waals surface area contributed by atoms with Gasteiger partial charge >= 0.3 is 5.97 Å². The number of carbonyl (C=O) groups excluding carboxylic acids is 1. The first kappa shape index (κ1) is 17.7. The van der Waals surface area contributed by atoms with Gasteiger partial charge in [0.2, 0.25) is 5.91 Å². The van der Waals surface area contributed by atoms with Crippen LogP contribution in [0.15, 0.2) is 17.5 Å². The first-order valence-corrected chi connectivity index (χ1v) is 8.58. The molecule has 1 aromatic heterocycles. The fourth-order valence-electron chi connectivity index (χ4n) is 2.19. The largest absolute Gasteiger partial charge is 0.479 e. The molecule has 0 aromatic carbocycles. The number of hydrogen-bond acceptors (Lipinski definition) is 3. The summed E-state index contributed by atoms with van der Waals surface area (Å²) in [5.74, 6) is -1.19. The molecule has 4 nitrogen and oxygen atoms in total. The van der Waals surface area contributed by atoms with E-state index in [1.54, 1.807) is 12.1 Å². The second-order valence-electron chi connectivity index (χ2n) is 5.23. The monoisotopic (exact) mass is 311 g/mol. The van der Waals surface area contributed by atoms with Crippen molar-refractivity contribution in [1.29, 1.82) is 0 Å². The summed E-state index contributed by atoms with van der Waals surface area (Å²) < 4.78 is 0. The number of carbonyl (C=O) groups is 2. The minimum absolute atomic E-state index is 0.177. The molecular weight excluding hydrogens is 286 g/mol. The Morgan fingerprint density at radius 1 is 1.19 bits per heavy atom. The van der Waals surface area contributed by atoms with Crippen molar-refractivity contribution in [3.63, 3.8) is 0 Å². The quantitative estimate of drug-likeness (QED) is 0.604. The van der Waals surface area contributed by atoms with E-state index in [4.69, 9.17) is 0 Å². The van der Waals surface area contributed by atoms with Crippen LogP contribution in [0.3, 0.4) is 0 Å². The van der Waals surface area contributed by atoms with Crippen LogP contribution in [-0.2, 0) is 9.59 Å². The molecule has 0 bridgehead atoms. The molecule has 0 aliphatic rings. The predicted octanol–water partition coefficient (Wildman–Crippen LogP) is 4.13. The number of hydrogen-bond donors (Lipinski definition) is 2. The first-order chi connectivity index (χ1) is 10.1. The summed E-state index contributed by atoms with van der Waals surface area (Å²) in [6.45, 7) is 2.19. The molecule has 118 valence electrons. The molecule has 1 atom stereocenters. The van der Waals surface area contributed by atoms with Crippen LogP contribution in [-0.4, -0.2) is 17.0 Å². The van der Waals surface area contributed by atoms with Crippen LogP contribution in [0, 0.1) is 0 Å². The number of thiophene rings is 1. The van der Waals surface area contributed by atoms with Crippen molar-refractivity contribution in [1.82, 2.24) is 5.32 Å². The Balaban J connectivity index is 2.21. The molecule has 0 saturated carbocycles. The van der Waals surface area contributed by atoms with E-state index < -0.39 is 12.0 Å². The second-order valence-corrected chi connectivity index (χ2v) is 6.20. The average molecular weight is 311 g/mol. The normalized spacial score (nSPS) is 12.0. The molecule has 0 fully saturated rings. The molecule has 0 radical (unpaired) electrons. The zero-order valence-electron chi connectivity index (χ0n) is 12.6. The Labute approximate surface area is 130 Å². The van der Waals surface area contributed by atoms with Gasteiger partial charge in [0.25, 0.3) is 0 Å². The summed E-state index contributed by atoms with van der Waals surface area (Å²) in [5.41, 5.74) is 0. The van der Waals surface area contributed by atoms with Gasteiger partial charge in [0.15, 0.2) is 6.04 Å². The van der Waals surface area contributed by atoms with Crippen LogP contribution in [0.2, 0.25) is 0 Å². The highest BCUT2D eigenvalue weighted by Crippen LogP contribution is 2.19. The van der Waals surface area contributed by atoms with Crippen molar-refractivity contribution in [3.05, 3.63) is 22.4 Å². The van der Waals surface area contributed by atoms with Crippen molar-refractivity contribution in [3.8, 4) is 0 Å². The van der Waals surface area contributed by atoms with E-state index in [1.807, 2.05) is 5.38 Å². The topological polar surface area (TPSA) is 66.4 Å². The van der Waals surface area contributed by atoms with Gasteiger partial charge in [-0.05, 0) is 17.9 Å². The molecule has 21 heavy (non-hydrogen) atoms. The van der Waals surface area contributed by atoms with Crippen molar-refractivity contribution in [2.24, 2.45) is 0 Å². The standard InChI is InChI=1S/C16H25NO3S/c1-2-3-4-5-6-7-8-11-14(18)17-15(16(19)20)13-10-9-12-21-13/h9-10,12,15H,2-8,11H2,1H3,(H,17,18)(H,19,20). The fraction of sp³-hybridized carbons (Fsp3) is 0.625. The van der Waals surface area contributed by atoms with Gasteiger partial charge in [0.1, 0.15) is 0 Å². The maximum Gasteiger partial charge on any atom is 0.331 e. The maximum absolute atomic E-state index is 11.8. The fourth-order valence-corrected chi connectivity index (χ4v) is 2.95. The number of unbranched alkanes of at least 4 members (excludes halogenated alkanes) is 6. The van der Waals surface area contributed by atoms with Gasteiger partial charge in [-0.3, -0.25) is 4.79 Å². The summed E-state index contributed by atoms with van der Waals surface area (Å²) in [7, 11) is 0. The third-order valence-electron chi connectivity index (χ3n) is 3.39. The summed E-state index contributed by atoms with van der Waals surface area (Å²) in [6.07, 6.45) is 8.43. The van der Waals surface area contributed by atoms with E-state index in [2.05, 4.69) is 12.2 Å². The van der Waals surface area contributed by atoms with E-state index in [0.29, 0.717) is 11.3 Å². The van der Waals surface area contributed by atoms with Crippen molar-refractivity contribution in [2.45, 2.75) is 64.3 Å². The number of carboxylic acids is 1. The minimum atomic E-state index is -1.01. The van der Waals surface area contributed by atoms with E-state index in [9.17, 15) is 14.7 Å². The number of amides is 1. The Morgan fingerprint density at radius 2 is 1.86 bits per heavy atom. The Hall–Kier alpha value is -1.36. The molecule has 0 saturated heterocycles. The molecule has 5 heteroatoms. The third kappa shape index (κ3) is 7.27. The molecule has 1 amide bonds. The minimum Gasteiger partial charge on any atom is -0.479 e. The molecular formula is C16H25NO3S. The molecule has 1 aromatic rings. The predicted molar refractivity (Wildman–Crippen MR) is 85.4 cm³/mol. The summed E-state index contributed by atoms with van der Waals surface area (Å²) >= 11 is 1.35. The third-order valence-corrected chi connectivity index (χ3v) is 4.32. The lowest BCUT2D eigenvalue weighted by Gasteiger charge is -2.12. The smallest absolute Gasteiger partial charge is 0.331 e. The lowest BCUT2D eigenvalue weighted by Crippen LogP contribution is -2.33. The number of nitrogens with one attached hydrogen (secondary N) is 1. The maximum atomic E-state index is 11.8. The zero-order valence-corrected chi connectivity index (χ0v) is 13.5. The van der Waals surface area contributed by atoms with Gasteiger partial charge in [0, 0.05) is 11.3 Å². The van der Waals surface area contributed by atoms with Gasteiger partial charge in [-0.15, -0.1) is 11.3 Å². The van der Waals surface area contributed by atoms with E-state index in [1.165, 1.54) is 37.0 Å². The SMILES string of the molecule is CCCCCCCCCC(=O)NC(C(=O)O)c1cccs1. The lowest BCUT2D eigenvalue weighted by atomic mass is 10.1. The summed E-state index contributed by atoms with van der Waals surface area (Å²) in [4.78, 5) is 23.7. The Bertz CT molecular complexity index is 417. The Kier molecular flexibility index (Phi) is 8.74. The van der Waals surface area contributed by atoms with E-state index in [0.717, 1.165) is 19.3 Å². The number of aliphatic carboxylic acids is 1. The van der Waals surface area contributed by atoms with E-state index in [-0.39, 0.29) is 5.91 Å². The molecule has 1 rings (SSSR count). The van der Waals surface area contributed by atoms with Crippen molar-refractivity contribution < 1.29 is 14.7 Å². The van der Waals surface area contributed by atoms with Gasteiger partial charge in [-0.1, -0.05) is 51.5 Å². The zero-order chi connectivity index (χ0) is 15.5. The number of carboxylic acid groups (broad SMARTS) is 1. The van der Waals surface area contributed by atoms with Crippen LogP contribution in [0.25, 0.3) is 0 Å². The van der Waals surface area contributed by atoms with Crippen LogP contribution in [0.5, 0.6) is 0 Å². The van der Waals surface area contributed by atoms with Crippen molar-refractivity contribution in [2.75, 3.05) is 0 Å². The molecule has 1 unspecified atom stereocenters. The van der Waals surface area contributed by atoms with Gasteiger partial charge < -0.3 is 10.4 Å². The summed E-state index contributed by atoms with van der Waals surface area (Å²) in [6, 6.07) is 2.61. The molecule has 0 aliphatic carbocycles. The van der Waals surface area contributed by atoms with Crippen LogP contribution in [0.4, 0.5) is 0 Å². The second kappa shape index (κ2) is 10.4. The van der Waals surface area contributed by atoms with Crippen molar-refractivity contribution >= 4 is 23.2 Å². The molecule has 0 spiro atoms. The lowest BCUT2D eigenvalue weighted by molar-refractivity contribution is -0.142.